The zero-order valence-corrected chi connectivity index (χ0v) is 9.05. The van der Waals surface area contributed by atoms with Crippen molar-refractivity contribution in [3.8, 4) is 0 Å². The number of hydrogen-bond acceptors (Lipinski definition) is 1. The van der Waals surface area contributed by atoms with Crippen LogP contribution < -0.4 is 0 Å². The predicted octanol–water partition coefficient (Wildman–Crippen LogP) is 3.20. The molecule has 0 bridgehead atoms. The minimum absolute atomic E-state index is 0.914. The third-order valence-electron chi connectivity index (χ3n) is 1.48. The molecule has 15 heavy (non-hydrogen) atoms. The minimum Gasteiger partial charge on any atom is -0.478 e. The van der Waals surface area contributed by atoms with E-state index in [4.69, 9.17) is 5.11 Å². The zero-order valence-electron chi connectivity index (χ0n) is 9.05. The maximum absolute atomic E-state index is 9.75. The summed E-state index contributed by atoms with van der Waals surface area (Å²) < 4.78 is 0. The average Bonchev–Trinajstić information content (AvgIpc) is 2.20. The molecule has 0 heterocycles. The van der Waals surface area contributed by atoms with Crippen LogP contribution in [0.5, 0.6) is 0 Å². The van der Waals surface area contributed by atoms with Crippen molar-refractivity contribution in [2.24, 2.45) is 0 Å². The van der Waals surface area contributed by atoms with Crippen LogP contribution in [0.2, 0.25) is 0 Å². The van der Waals surface area contributed by atoms with Gasteiger partial charge in [-0.2, -0.15) is 0 Å². The van der Waals surface area contributed by atoms with Crippen molar-refractivity contribution in [1.29, 1.82) is 0 Å². The van der Waals surface area contributed by atoms with Gasteiger partial charge >= 0.3 is 5.97 Å². The lowest BCUT2D eigenvalue weighted by atomic mass is 10.2. The molecule has 1 rings (SSSR count). The van der Waals surface area contributed by atoms with Gasteiger partial charge in [0.15, 0.2) is 0 Å². The summed E-state index contributed by atoms with van der Waals surface area (Å²) in [6, 6.07) is 10.3. The molecular weight excluding hydrogens is 188 g/mol. The van der Waals surface area contributed by atoms with Crippen molar-refractivity contribution in [3.05, 3.63) is 60.2 Å². The molecule has 0 radical (unpaired) electrons. The summed E-state index contributed by atoms with van der Waals surface area (Å²) in [6.45, 7) is 3.91. The molecule has 0 aromatic heterocycles. The van der Waals surface area contributed by atoms with Gasteiger partial charge in [0, 0.05) is 6.08 Å². The molecule has 0 amide bonds. The molecule has 2 heteroatoms. The Balaban J connectivity index is 0.000000262. The van der Waals surface area contributed by atoms with E-state index >= 15 is 0 Å². The quantitative estimate of drug-likeness (QED) is 0.593. The topological polar surface area (TPSA) is 37.3 Å². The molecular formula is C13H16O2. The smallest absolute Gasteiger partial charge is 0.328 e. The van der Waals surface area contributed by atoms with Crippen molar-refractivity contribution in [2.45, 2.75) is 13.8 Å². The van der Waals surface area contributed by atoms with E-state index in [2.05, 4.69) is 19.1 Å². The van der Waals surface area contributed by atoms with Crippen molar-refractivity contribution in [2.75, 3.05) is 0 Å². The van der Waals surface area contributed by atoms with Crippen LogP contribution in [0.15, 0.2) is 54.6 Å². The lowest BCUT2D eigenvalue weighted by Gasteiger charge is -1.82. The maximum atomic E-state index is 9.75. The molecule has 0 atom stereocenters. The average molecular weight is 204 g/mol. The second-order valence-corrected chi connectivity index (χ2v) is 2.88. The van der Waals surface area contributed by atoms with Crippen LogP contribution >= 0.6 is 0 Å². The number of rotatable bonds is 2. The van der Waals surface area contributed by atoms with Crippen molar-refractivity contribution >= 4 is 5.97 Å². The monoisotopic (exact) mass is 204 g/mol. The molecule has 0 saturated carbocycles. The first-order valence-electron chi connectivity index (χ1n) is 4.70. The first kappa shape index (κ1) is 13.2. The number of aliphatic carboxylic acids is 1. The van der Waals surface area contributed by atoms with Crippen LogP contribution in [-0.2, 0) is 4.79 Å². The van der Waals surface area contributed by atoms with E-state index in [9.17, 15) is 4.79 Å². The third kappa shape index (κ3) is 10.1. The van der Waals surface area contributed by atoms with Gasteiger partial charge in [-0.15, -0.1) is 0 Å². The number of carboxylic acids is 1. The van der Waals surface area contributed by atoms with Gasteiger partial charge in [-0.25, -0.2) is 4.79 Å². The van der Waals surface area contributed by atoms with Gasteiger partial charge in [0.25, 0.3) is 0 Å². The minimum atomic E-state index is -0.914. The summed E-state index contributed by atoms with van der Waals surface area (Å²) in [5.41, 5.74) is 1.32. The first-order valence-corrected chi connectivity index (χ1v) is 4.70. The van der Waals surface area contributed by atoms with Crippen LogP contribution in [0.3, 0.4) is 0 Å². The van der Waals surface area contributed by atoms with E-state index in [1.165, 1.54) is 11.6 Å². The van der Waals surface area contributed by atoms with Crippen molar-refractivity contribution in [3.63, 3.8) is 0 Å². The summed E-state index contributed by atoms with van der Waals surface area (Å²) in [5, 5.41) is 8.02. The highest BCUT2D eigenvalue weighted by Gasteiger charge is 1.78. The fourth-order valence-corrected chi connectivity index (χ4v) is 0.783. The first-order chi connectivity index (χ1) is 7.16. The molecule has 0 aliphatic rings. The fourth-order valence-electron chi connectivity index (χ4n) is 0.783. The SMILES string of the molecule is C/C=C/C=C/C(=O)O.Cc1ccccc1. The Morgan fingerprint density at radius 3 is 2.13 bits per heavy atom. The van der Waals surface area contributed by atoms with E-state index in [0.717, 1.165) is 6.08 Å². The summed E-state index contributed by atoms with van der Waals surface area (Å²) in [6.07, 6.45) is 5.98. The van der Waals surface area contributed by atoms with E-state index in [1.807, 2.05) is 25.1 Å². The highest BCUT2D eigenvalue weighted by molar-refractivity contribution is 5.80. The lowest BCUT2D eigenvalue weighted by Crippen LogP contribution is -1.83. The zero-order chi connectivity index (χ0) is 11.5. The fraction of sp³-hybridized carbons (Fsp3) is 0.154. The van der Waals surface area contributed by atoms with Gasteiger partial charge in [-0.1, -0.05) is 54.1 Å². The Bertz CT molecular complexity index is 324. The Hall–Kier alpha value is -1.83. The molecule has 0 spiro atoms. The molecule has 1 N–H and O–H groups in total. The van der Waals surface area contributed by atoms with Crippen LogP contribution in [0, 0.1) is 6.92 Å². The summed E-state index contributed by atoms with van der Waals surface area (Å²) in [7, 11) is 0. The molecule has 80 valence electrons. The number of aryl methyl sites for hydroxylation is 1. The molecule has 0 unspecified atom stereocenters. The maximum Gasteiger partial charge on any atom is 0.328 e. The van der Waals surface area contributed by atoms with E-state index < -0.39 is 5.97 Å². The lowest BCUT2D eigenvalue weighted by molar-refractivity contribution is -0.131. The summed E-state index contributed by atoms with van der Waals surface area (Å²) in [4.78, 5) is 9.75. The van der Waals surface area contributed by atoms with Gasteiger partial charge in [0.2, 0.25) is 0 Å². The highest BCUT2D eigenvalue weighted by Crippen LogP contribution is 1.92. The number of allylic oxidation sites excluding steroid dienone is 3. The summed E-state index contributed by atoms with van der Waals surface area (Å²) >= 11 is 0. The largest absolute Gasteiger partial charge is 0.478 e. The Labute approximate surface area is 90.6 Å². The van der Waals surface area contributed by atoms with E-state index in [-0.39, 0.29) is 0 Å². The van der Waals surface area contributed by atoms with Crippen LogP contribution in [-0.4, -0.2) is 11.1 Å². The van der Waals surface area contributed by atoms with E-state index in [0.29, 0.717) is 0 Å². The number of benzene rings is 1. The number of hydrogen-bond donors (Lipinski definition) is 1. The Kier molecular flexibility index (Phi) is 7.69. The molecule has 0 aliphatic carbocycles. The molecule has 0 fully saturated rings. The number of carboxylic acid groups (broad SMARTS) is 1. The van der Waals surface area contributed by atoms with Gasteiger partial charge < -0.3 is 5.11 Å². The van der Waals surface area contributed by atoms with Crippen LogP contribution in [0.1, 0.15) is 12.5 Å². The van der Waals surface area contributed by atoms with Gasteiger partial charge in [-0.3, -0.25) is 0 Å². The van der Waals surface area contributed by atoms with Crippen molar-refractivity contribution < 1.29 is 9.90 Å². The molecule has 0 saturated heterocycles. The predicted molar refractivity (Wildman–Crippen MR) is 62.8 cm³/mol. The second-order valence-electron chi connectivity index (χ2n) is 2.88. The van der Waals surface area contributed by atoms with Gasteiger partial charge in [0.1, 0.15) is 0 Å². The standard InChI is InChI=1S/C7H8.C6H8O2/c1-7-5-3-2-4-6-7;1-2-3-4-5-6(7)8/h2-6H,1H3;2-5H,1H3,(H,7,8)/b;3-2+,5-4+. The Morgan fingerprint density at radius 2 is 1.80 bits per heavy atom. The molecule has 1 aromatic rings. The molecule has 1 aromatic carbocycles. The number of carbonyl (C=O) groups is 1. The third-order valence-corrected chi connectivity index (χ3v) is 1.48. The highest BCUT2D eigenvalue weighted by atomic mass is 16.4. The van der Waals surface area contributed by atoms with Crippen molar-refractivity contribution in [1.82, 2.24) is 0 Å². The van der Waals surface area contributed by atoms with Crippen LogP contribution in [0.25, 0.3) is 0 Å². The Morgan fingerprint density at radius 1 is 1.20 bits per heavy atom. The second kappa shape index (κ2) is 8.75. The molecule has 0 aliphatic heterocycles. The normalized spacial score (nSPS) is 10.0. The van der Waals surface area contributed by atoms with Crippen LogP contribution in [0.4, 0.5) is 0 Å². The molecule has 2 nitrogen and oxygen atoms in total. The van der Waals surface area contributed by atoms with Gasteiger partial charge in [-0.05, 0) is 13.8 Å². The van der Waals surface area contributed by atoms with Gasteiger partial charge in [0.05, 0.1) is 0 Å². The summed E-state index contributed by atoms with van der Waals surface area (Å²) in [5.74, 6) is -0.914. The van der Waals surface area contributed by atoms with E-state index in [1.54, 1.807) is 12.2 Å².